The van der Waals surface area contributed by atoms with E-state index in [1.54, 1.807) is 36.7 Å². The number of anilines is 1. The number of rotatable bonds is 7. The van der Waals surface area contributed by atoms with Gasteiger partial charge in [0, 0.05) is 31.3 Å². The lowest BCUT2D eigenvalue weighted by Crippen LogP contribution is -2.46. The van der Waals surface area contributed by atoms with Crippen molar-refractivity contribution in [2.75, 3.05) is 25.1 Å². The van der Waals surface area contributed by atoms with Gasteiger partial charge in [0.25, 0.3) is 5.91 Å². The summed E-state index contributed by atoms with van der Waals surface area (Å²) in [4.78, 5) is 34.0. The van der Waals surface area contributed by atoms with E-state index >= 15 is 0 Å². The fourth-order valence-corrected chi connectivity index (χ4v) is 3.99. The lowest BCUT2D eigenvalue weighted by Gasteiger charge is -2.27. The van der Waals surface area contributed by atoms with Crippen molar-refractivity contribution < 1.29 is 23.8 Å². The molecule has 1 atom stereocenters. The standard InChI is InChI=1S/C24H24ClFN4O4/c1-15-22(32)28(2)21-20(23(33)29(15)11-4-12-31)30(14-16-7-9-17(25)10-8-16)24(27-21)34-19-6-3-5-18(26)13-19/h3,5-10,13,15,31H,4,11-12,14H2,1-2H3/t15-/m1/s1. The number of hydrogen-bond donors (Lipinski definition) is 1. The topological polar surface area (TPSA) is 87.9 Å². The van der Waals surface area contributed by atoms with Crippen molar-refractivity contribution in [3.63, 3.8) is 0 Å². The van der Waals surface area contributed by atoms with Gasteiger partial charge in [-0.2, -0.15) is 4.98 Å². The predicted octanol–water partition coefficient (Wildman–Crippen LogP) is 3.71. The fourth-order valence-electron chi connectivity index (χ4n) is 3.86. The van der Waals surface area contributed by atoms with Crippen LogP contribution in [0.3, 0.4) is 0 Å². The van der Waals surface area contributed by atoms with Crippen molar-refractivity contribution in [2.24, 2.45) is 0 Å². The van der Waals surface area contributed by atoms with Crippen LogP contribution in [-0.4, -0.2) is 57.6 Å². The molecule has 2 heterocycles. The van der Waals surface area contributed by atoms with Crippen molar-refractivity contribution >= 4 is 29.2 Å². The van der Waals surface area contributed by atoms with Crippen molar-refractivity contribution in [3.8, 4) is 11.8 Å². The minimum absolute atomic E-state index is 0.0372. The molecule has 10 heteroatoms. The van der Waals surface area contributed by atoms with E-state index in [2.05, 4.69) is 4.98 Å². The van der Waals surface area contributed by atoms with Gasteiger partial charge in [-0.15, -0.1) is 0 Å². The number of hydrogen-bond acceptors (Lipinski definition) is 5. The Morgan fingerprint density at radius 3 is 2.59 bits per heavy atom. The summed E-state index contributed by atoms with van der Waals surface area (Å²) in [7, 11) is 1.55. The number of benzene rings is 2. The predicted molar refractivity (Wildman–Crippen MR) is 125 cm³/mol. The highest BCUT2D eigenvalue weighted by atomic mass is 35.5. The van der Waals surface area contributed by atoms with Crippen molar-refractivity contribution in [1.29, 1.82) is 0 Å². The minimum atomic E-state index is -0.741. The molecule has 0 radical (unpaired) electrons. The van der Waals surface area contributed by atoms with E-state index in [1.165, 1.54) is 28.0 Å². The maximum Gasteiger partial charge on any atom is 0.304 e. The maximum atomic E-state index is 13.8. The summed E-state index contributed by atoms with van der Waals surface area (Å²) in [6.45, 7) is 1.92. The number of halogens is 2. The van der Waals surface area contributed by atoms with Crippen LogP contribution in [0.5, 0.6) is 11.8 Å². The van der Waals surface area contributed by atoms with E-state index in [9.17, 15) is 19.1 Å². The van der Waals surface area contributed by atoms with Crippen LogP contribution in [0.2, 0.25) is 5.02 Å². The number of likely N-dealkylation sites (N-methyl/N-ethyl adjacent to an activating group) is 1. The zero-order chi connectivity index (χ0) is 24.4. The number of ether oxygens (including phenoxy) is 1. The van der Waals surface area contributed by atoms with Crippen molar-refractivity contribution in [1.82, 2.24) is 14.5 Å². The number of fused-ring (bicyclic) bond motifs is 1. The highest BCUT2D eigenvalue weighted by Gasteiger charge is 2.40. The Kier molecular flexibility index (Phi) is 6.85. The molecule has 2 amide bonds. The first kappa shape index (κ1) is 23.7. The quantitative estimate of drug-likeness (QED) is 0.550. The molecule has 0 unspecified atom stereocenters. The lowest BCUT2D eigenvalue weighted by molar-refractivity contribution is -0.122. The van der Waals surface area contributed by atoms with Crippen LogP contribution in [0.25, 0.3) is 0 Å². The molecule has 1 N–H and O–H groups in total. The zero-order valence-corrected chi connectivity index (χ0v) is 19.5. The Morgan fingerprint density at radius 1 is 1.18 bits per heavy atom. The molecular formula is C24H24ClFN4O4. The van der Waals surface area contributed by atoms with Crippen molar-refractivity contribution in [3.05, 3.63) is 70.6 Å². The minimum Gasteiger partial charge on any atom is -0.425 e. The summed E-state index contributed by atoms with van der Waals surface area (Å²) in [5, 5.41) is 9.87. The Morgan fingerprint density at radius 2 is 1.91 bits per heavy atom. The summed E-state index contributed by atoms with van der Waals surface area (Å²) < 4.78 is 21.2. The number of nitrogens with zero attached hydrogens (tertiary/aromatic N) is 4. The summed E-state index contributed by atoms with van der Waals surface area (Å²) in [6, 6.07) is 11.9. The van der Waals surface area contributed by atoms with E-state index in [0.717, 1.165) is 5.56 Å². The maximum absolute atomic E-state index is 13.8. The Labute approximate surface area is 201 Å². The van der Waals surface area contributed by atoms with Gasteiger partial charge in [0.2, 0.25) is 5.91 Å². The molecule has 34 heavy (non-hydrogen) atoms. The second kappa shape index (κ2) is 9.82. The molecule has 0 spiro atoms. The lowest BCUT2D eigenvalue weighted by atomic mass is 10.2. The first-order valence-electron chi connectivity index (χ1n) is 10.8. The molecule has 4 rings (SSSR count). The third-order valence-corrected chi connectivity index (χ3v) is 5.92. The first-order valence-corrected chi connectivity index (χ1v) is 11.2. The van der Waals surface area contributed by atoms with Crippen LogP contribution in [-0.2, 0) is 11.3 Å². The molecule has 0 aliphatic carbocycles. The number of aliphatic hydroxyl groups excluding tert-OH is 1. The average Bonchev–Trinajstić information content (AvgIpc) is 3.14. The Balaban J connectivity index is 1.85. The number of carbonyl (C=O) groups excluding carboxylic acids is 2. The Bertz CT molecular complexity index is 1210. The summed E-state index contributed by atoms with van der Waals surface area (Å²) >= 11 is 6.02. The molecule has 1 aliphatic rings. The zero-order valence-electron chi connectivity index (χ0n) is 18.7. The van der Waals surface area contributed by atoms with Gasteiger partial charge in [0.05, 0.1) is 6.54 Å². The molecule has 0 bridgehead atoms. The van der Waals surface area contributed by atoms with Crippen LogP contribution in [0, 0.1) is 5.82 Å². The molecule has 8 nitrogen and oxygen atoms in total. The molecule has 2 aromatic carbocycles. The van der Waals surface area contributed by atoms with Gasteiger partial charge in [0.1, 0.15) is 17.6 Å². The van der Waals surface area contributed by atoms with E-state index in [1.807, 2.05) is 12.1 Å². The number of carbonyl (C=O) groups is 2. The van der Waals surface area contributed by atoms with Crippen LogP contribution < -0.4 is 9.64 Å². The fraction of sp³-hybridized carbons (Fsp3) is 0.292. The summed E-state index contributed by atoms with van der Waals surface area (Å²) in [5.74, 6) is -0.872. The van der Waals surface area contributed by atoms with Gasteiger partial charge in [-0.1, -0.05) is 29.8 Å². The van der Waals surface area contributed by atoms with Crippen LogP contribution in [0.4, 0.5) is 10.2 Å². The number of amides is 2. The van der Waals surface area contributed by atoms with Gasteiger partial charge in [0.15, 0.2) is 11.5 Å². The molecule has 0 saturated heterocycles. The number of aromatic nitrogens is 2. The van der Waals surface area contributed by atoms with E-state index in [4.69, 9.17) is 16.3 Å². The summed E-state index contributed by atoms with van der Waals surface area (Å²) in [6.07, 6.45) is 0.320. The van der Waals surface area contributed by atoms with Crippen molar-refractivity contribution in [2.45, 2.75) is 25.9 Å². The number of imidazole rings is 1. The van der Waals surface area contributed by atoms with E-state index in [0.29, 0.717) is 11.4 Å². The van der Waals surface area contributed by atoms with E-state index in [-0.39, 0.29) is 48.9 Å². The monoisotopic (exact) mass is 486 g/mol. The normalized spacial score (nSPS) is 16.0. The molecule has 1 aromatic heterocycles. The third kappa shape index (κ3) is 4.62. The number of aliphatic hydroxyl groups is 1. The SMILES string of the molecule is C[C@@H]1C(=O)N(C)c2nc(Oc3cccc(F)c3)n(Cc3ccc(Cl)cc3)c2C(=O)N1CCCO. The average molecular weight is 487 g/mol. The largest absolute Gasteiger partial charge is 0.425 e. The third-order valence-electron chi connectivity index (χ3n) is 5.67. The molecule has 178 valence electrons. The van der Waals surface area contributed by atoms with Gasteiger partial charge in [-0.05, 0) is 43.2 Å². The van der Waals surface area contributed by atoms with Crippen LogP contribution >= 0.6 is 11.6 Å². The van der Waals surface area contributed by atoms with Crippen LogP contribution in [0.1, 0.15) is 29.4 Å². The Hall–Kier alpha value is -3.43. The molecule has 1 aliphatic heterocycles. The molecule has 0 fully saturated rings. The van der Waals surface area contributed by atoms with Gasteiger partial charge < -0.3 is 14.7 Å². The van der Waals surface area contributed by atoms with Gasteiger partial charge >= 0.3 is 6.01 Å². The highest BCUT2D eigenvalue weighted by molar-refractivity contribution is 6.30. The smallest absolute Gasteiger partial charge is 0.304 e. The van der Waals surface area contributed by atoms with Gasteiger partial charge in [-0.3, -0.25) is 19.1 Å². The van der Waals surface area contributed by atoms with Crippen LogP contribution in [0.15, 0.2) is 48.5 Å². The second-order valence-electron chi connectivity index (χ2n) is 7.99. The second-order valence-corrected chi connectivity index (χ2v) is 8.42. The summed E-state index contributed by atoms with van der Waals surface area (Å²) in [5.41, 5.74) is 0.981. The van der Waals surface area contributed by atoms with E-state index < -0.39 is 17.8 Å². The highest BCUT2D eigenvalue weighted by Crippen LogP contribution is 2.34. The molecular weight excluding hydrogens is 463 g/mol. The van der Waals surface area contributed by atoms with Gasteiger partial charge in [-0.25, -0.2) is 4.39 Å². The molecule has 0 saturated carbocycles. The molecule has 3 aromatic rings. The first-order chi connectivity index (χ1) is 16.3.